The highest BCUT2D eigenvalue weighted by Crippen LogP contribution is 2.31. The van der Waals surface area contributed by atoms with Gasteiger partial charge in [-0.3, -0.25) is 0 Å². The molecule has 18 heavy (non-hydrogen) atoms. The molecule has 0 aliphatic heterocycles. The summed E-state index contributed by atoms with van der Waals surface area (Å²) in [5, 5.41) is 8.11. The van der Waals surface area contributed by atoms with Crippen molar-refractivity contribution in [3.05, 3.63) is 59.5 Å². The molecule has 0 amide bonds. The summed E-state index contributed by atoms with van der Waals surface area (Å²) < 4.78 is 5.14. The molecular formula is C15H14N2O. The van der Waals surface area contributed by atoms with Gasteiger partial charge in [-0.05, 0) is 36.1 Å². The van der Waals surface area contributed by atoms with Gasteiger partial charge < -0.3 is 4.42 Å². The van der Waals surface area contributed by atoms with E-state index in [9.17, 15) is 0 Å². The molecule has 1 aliphatic rings. The Bertz CT molecular complexity index is 570. The molecule has 0 saturated carbocycles. The quantitative estimate of drug-likeness (QED) is 0.596. The summed E-state index contributed by atoms with van der Waals surface area (Å²) in [6.45, 7) is 0. The maximum Gasteiger partial charge on any atom is 0.146 e. The first-order valence-electron chi connectivity index (χ1n) is 6.11. The van der Waals surface area contributed by atoms with Crippen molar-refractivity contribution < 1.29 is 4.42 Å². The molecule has 0 spiro atoms. The van der Waals surface area contributed by atoms with E-state index >= 15 is 0 Å². The van der Waals surface area contributed by atoms with Crippen LogP contribution >= 0.6 is 0 Å². The van der Waals surface area contributed by atoms with E-state index in [2.05, 4.69) is 34.5 Å². The second kappa shape index (κ2) is 5.00. The lowest BCUT2D eigenvalue weighted by Gasteiger charge is -2.02. The number of benzene rings is 1. The molecule has 1 unspecified atom stereocenters. The molecule has 0 saturated heterocycles. The van der Waals surface area contributed by atoms with Gasteiger partial charge in [0.25, 0.3) is 0 Å². The molecule has 1 atom stereocenters. The lowest BCUT2D eigenvalue weighted by Crippen LogP contribution is -1.93. The number of aryl methyl sites for hydroxylation is 1. The zero-order valence-corrected chi connectivity index (χ0v) is 9.99. The third kappa shape index (κ3) is 2.25. The molecule has 90 valence electrons. The number of furan rings is 1. The third-order valence-electron chi connectivity index (χ3n) is 3.22. The molecular weight excluding hydrogens is 224 g/mol. The Morgan fingerprint density at radius 3 is 2.94 bits per heavy atom. The van der Waals surface area contributed by atoms with Crippen LogP contribution in [0.3, 0.4) is 0 Å². The first-order valence-corrected chi connectivity index (χ1v) is 6.11. The van der Waals surface area contributed by atoms with Crippen molar-refractivity contribution in [2.24, 2.45) is 10.2 Å². The highest BCUT2D eigenvalue weighted by atomic mass is 16.3. The Labute approximate surface area is 106 Å². The molecule has 0 N–H and O–H groups in total. The van der Waals surface area contributed by atoms with Crippen molar-refractivity contribution in [2.45, 2.75) is 18.8 Å². The zero-order chi connectivity index (χ0) is 12.2. The van der Waals surface area contributed by atoms with E-state index in [4.69, 9.17) is 4.42 Å². The lowest BCUT2D eigenvalue weighted by atomic mass is 10.0. The Hall–Kier alpha value is -2.16. The highest BCUT2D eigenvalue weighted by molar-refractivity contribution is 5.77. The molecule has 2 aromatic rings. The van der Waals surface area contributed by atoms with Gasteiger partial charge in [0.2, 0.25) is 0 Å². The van der Waals surface area contributed by atoms with Crippen LogP contribution in [0, 0.1) is 0 Å². The molecule has 3 rings (SSSR count). The van der Waals surface area contributed by atoms with Gasteiger partial charge in [-0.2, -0.15) is 10.2 Å². The van der Waals surface area contributed by atoms with Crippen LogP contribution in [0.25, 0.3) is 0 Å². The van der Waals surface area contributed by atoms with Crippen LogP contribution in [0.5, 0.6) is 0 Å². The summed E-state index contributed by atoms with van der Waals surface area (Å²) in [5.74, 6) is 1.12. The standard InChI is InChI=1S/C15H14N2O/c1-2-6-15-12(4-1)7-8-13(15)10-16-17-11-14-5-3-9-18-14/h1-6,9-11,13H,7-8H2. The Morgan fingerprint density at radius 2 is 2.06 bits per heavy atom. The van der Waals surface area contributed by atoms with Gasteiger partial charge in [-0.15, -0.1) is 0 Å². The SMILES string of the molecule is C(=NN=CC1CCc2ccccc21)c1ccco1. The van der Waals surface area contributed by atoms with Gasteiger partial charge in [0, 0.05) is 12.1 Å². The molecule has 0 radical (unpaired) electrons. The van der Waals surface area contributed by atoms with E-state index in [0.717, 1.165) is 18.6 Å². The minimum atomic E-state index is 0.398. The average molecular weight is 238 g/mol. The van der Waals surface area contributed by atoms with Gasteiger partial charge in [-0.25, -0.2) is 0 Å². The Morgan fingerprint density at radius 1 is 1.11 bits per heavy atom. The van der Waals surface area contributed by atoms with Crippen LogP contribution < -0.4 is 0 Å². The average Bonchev–Trinajstić information content (AvgIpc) is 3.04. The fourth-order valence-electron chi connectivity index (χ4n) is 2.32. The van der Waals surface area contributed by atoms with Gasteiger partial charge in [-0.1, -0.05) is 24.3 Å². The minimum absolute atomic E-state index is 0.398. The molecule has 1 heterocycles. The van der Waals surface area contributed by atoms with Gasteiger partial charge in [0.05, 0.1) is 12.5 Å². The highest BCUT2D eigenvalue weighted by Gasteiger charge is 2.19. The number of hydrogen-bond acceptors (Lipinski definition) is 3. The molecule has 1 aromatic carbocycles. The summed E-state index contributed by atoms with van der Waals surface area (Å²) in [6, 6.07) is 12.2. The monoisotopic (exact) mass is 238 g/mol. The van der Waals surface area contributed by atoms with E-state index in [1.54, 1.807) is 12.5 Å². The van der Waals surface area contributed by atoms with Crippen molar-refractivity contribution in [1.82, 2.24) is 0 Å². The number of fused-ring (bicyclic) bond motifs is 1. The fraction of sp³-hybridized carbons (Fsp3) is 0.200. The van der Waals surface area contributed by atoms with E-state index in [1.165, 1.54) is 11.1 Å². The predicted octanol–water partition coefficient (Wildman–Crippen LogP) is 3.41. The maximum atomic E-state index is 5.14. The van der Waals surface area contributed by atoms with Gasteiger partial charge in [0.15, 0.2) is 0 Å². The molecule has 1 aromatic heterocycles. The molecule has 3 nitrogen and oxygen atoms in total. The van der Waals surface area contributed by atoms with Crippen LogP contribution in [0.1, 0.15) is 29.2 Å². The topological polar surface area (TPSA) is 37.9 Å². The van der Waals surface area contributed by atoms with Crippen LogP contribution in [0.2, 0.25) is 0 Å². The van der Waals surface area contributed by atoms with E-state index in [-0.39, 0.29) is 0 Å². The summed E-state index contributed by atoms with van der Waals surface area (Å²) in [5.41, 5.74) is 2.82. The van der Waals surface area contributed by atoms with Crippen molar-refractivity contribution in [1.29, 1.82) is 0 Å². The first kappa shape index (κ1) is 11.0. The van der Waals surface area contributed by atoms with Gasteiger partial charge in [0.1, 0.15) is 5.76 Å². The largest absolute Gasteiger partial charge is 0.463 e. The normalized spacial score (nSPS) is 18.8. The molecule has 3 heteroatoms. The van der Waals surface area contributed by atoms with Crippen LogP contribution in [0.15, 0.2) is 57.3 Å². The number of rotatable bonds is 3. The van der Waals surface area contributed by atoms with Crippen LogP contribution in [-0.4, -0.2) is 12.4 Å². The second-order valence-electron chi connectivity index (χ2n) is 4.37. The third-order valence-corrected chi connectivity index (χ3v) is 3.22. The number of nitrogens with zero attached hydrogens (tertiary/aromatic N) is 2. The van der Waals surface area contributed by atoms with Crippen molar-refractivity contribution in [3.8, 4) is 0 Å². The summed E-state index contributed by atoms with van der Waals surface area (Å²) in [7, 11) is 0. The van der Waals surface area contributed by atoms with Crippen molar-refractivity contribution in [2.75, 3.05) is 0 Å². The molecule has 0 bridgehead atoms. The van der Waals surface area contributed by atoms with Crippen LogP contribution in [0.4, 0.5) is 0 Å². The smallest absolute Gasteiger partial charge is 0.146 e. The van der Waals surface area contributed by atoms with Gasteiger partial charge >= 0.3 is 0 Å². The second-order valence-corrected chi connectivity index (χ2v) is 4.37. The summed E-state index contributed by atoms with van der Waals surface area (Å²) in [4.78, 5) is 0. The maximum absolute atomic E-state index is 5.14. The van der Waals surface area contributed by atoms with E-state index in [1.807, 2.05) is 18.3 Å². The lowest BCUT2D eigenvalue weighted by molar-refractivity contribution is 0.560. The minimum Gasteiger partial charge on any atom is -0.463 e. The Kier molecular flexibility index (Phi) is 3.05. The zero-order valence-electron chi connectivity index (χ0n) is 9.99. The van der Waals surface area contributed by atoms with Crippen molar-refractivity contribution in [3.63, 3.8) is 0 Å². The molecule has 1 aliphatic carbocycles. The first-order chi connectivity index (χ1) is 8.93. The van der Waals surface area contributed by atoms with E-state index in [0.29, 0.717) is 5.92 Å². The fourth-order valence-corrected chi connectivity index (χ4v) is 2.32. The summed E-state index contributed by atoms with van der Waals surface area (Å²) >= 11 is 0. The molecule has 0 fully saturated rings. The van der Waals surface area contributed by atoms with E-state index < -0.39 is 0 Å². The van der Waals surface area contributed by atoms with Crippen molar-refractivity contribution >= 4 is 12.4 Å². The predicted molar refractivity (Wildman–Crippen MR) is 72.3 cm³/mol. The number of hydrogen-bond donors (Lipinski definition) is 0. The Balaban J connectivity index is 1.68. The summed E-state index contributed by atoms with van der Waals surface area (Å²) in [6.07, 6.45) is 7.43. The van der Waals surface area contributed by atoms with Crippen LogP contribution in [-0.2, 0) is 6.42 Å².